The van der Waals surface area contributed by atoms with Gasteiger partial charge in [0.05, 0.1) is 66.1 Å². The summed E-state index contributed by atoms with van der Waals surface area (Å²) >= 11 is 0. The number of ether oxygens (including phenoxy) is 6. The zero-order valence-electron chi connectivity index (χ0n) is 35.6. The lowest BCUT2D eigenvalue weighted by Gasteiger charge is -2.33. The smallest absolute Gasteiger partial charge is 0.127 e. The zero-order chi connectivity index (χ0) is 44.5. The molecule has 10 atom stereocenters. The summed E-state index contributed by atoms with van der Waals surface area (Å²) < 4.78 is 37.9. The van der Waals surface area contributed by atoms with Crippen molar-refractivity contribution in [2.45, 2.75) is 73.1 Å². The first kappa shape index (κ1) is 44.9. The number of fused-ring (bicyclic) bond motifs is 18. The molecule has 0 fully saturated rings. The molecule has 14 heteroatoms. The fourth-order valence-corrected chi connectivity index (χ4v) is 10.3. The van der Waals surface area contributed by atoms with Crippen LogP contribution in [0.1, 0.15) is 81.0 Å². The summed E-state index contributed by atoms with van der Waals surface area (Å²) in [5, 5.41) is 83.1. The Bertz CT molecular complexity index is 2130. The predicted molar refractivity (Wildman–Crippen MR) is 235 cm³/mol. The Labute approximate surface area is 371 Å². The summed E-state index contributed by atoms with van der Waals surface area (Å²) in [6.45, 7) is -2.47. The minimum Gasteiger partial charge on any atom is -0.490 e. The van der Waals surface area contributed by atoms with Crippen molar-refractivity contribution in [3.8, 4) is 11.5 Å². The van der Waals surface area contributed by atoms with E-state index >= 15 is 0 Å². The molecule has 0 heterocycles. The van der Waals surface area contributed by atoms with Gasteiger partial charge in [0.25, 0.3) is 0 Å². The fourth-order valence-electron chi connectivity index (χ4n) is 10.3. The van der Waals surface area contributed by atoms with Crippen LogP contribution in [0.25, 0.3) is 21.5 Å². The van der Waals surface area contributed by atoms with Crippen molar-refractivity contribution in [3.63, 3.8) is 0 Å². The van der Waals surface area contributed by atoms with Gasteiger partial charge in [0.15, 0.2) is 0 Å². The van der Waals surface area contributed by atoms with Crippen LogP contribution in [0.2, 0.25) is 0 Å². The zero-order valence-corrected chi connectivity index (χ0v) is 35.6. The molecule has 0 aromatic heterocycles. The Kier molecular flexibility index (Phi) is 13.8. The summed E-state index contributed by atoms with van der Waals surface area (Å²) in [5.41, 5.74) is 9.09. The van der Waals surface area contributed by atoms with Crippen LogP contribution in [0.5, 0.6) is 11.5 Å². The van der Waals surface area contributed by atoms with Gasteiger partial charge in [-0.2, -0.15) is 0 Å². The summed E-state index contributed by atoms with van der Waals surface area (Å²) in [6.07, 6.45) is -4.22. The van der Waals surface area contributed by atoms with Gasteiger partial charge >= 0.3 is 0 Å². The summed E-state index contributed by atoms with van der Waals surface area (Å²) in [5.74, 6) is 1.42. The molecule has 5 aromatic carbocycles. The number of hydrogen-bond donors (Lipinski definition) is 8. The molecule has 6 unspecified atom stereocenters. The first-order valence-electron chi connectivity index (χ1n) is 22.3. The fraction of sp³-hybridized carbons (Fsp3) is 0.480. The molecule has 0 saturated heterocycles. The Morgan fingerprint density at radius 2 is 0.703 bits per heavy atom. The van der Waals surface area contributed by atoms with Crippen LogP contribution in [-0.2, 0) is 18.9 Å². The molecule has 342 valence electrons. The van der Waals surface area contributed by atoms with E-state index in [1.165, 1.54) is 22.3 Å². The van der Waals surface area contributed by atoms with E-state index in [1.54, 1.807) is 0 Å². The summed E-state index contributed by atoms with van der Waals surface area (Å²) in [4.78, 5) is 0. The van der Waals surface area contributed by atoms with Crippen molar-refractivity contribution in [3.05, 3.63) is 117 Å². The van der Waals surface area contributed by atoms with Gasteiger partial charge in [0.1, 0.15) is 61.3 Å². The second-order valence-corrected chi connectivity index (χ2v) is 17.6. The Hall–Kier alpha value is -4.26. The highest BCUT2D eigenvalue weighted by atomic mass is 16.6. The normalized spacial score (nSPS) is 21.6. The van der Waals surface area contributed by atoms with Gasteiger partial charge in [0, 0.05) is 45.9 Å². The van der Waals surface area contributed by atoms with E-state index in [4.69, 9.17) is 28.4 Å². The maximum Gasteiger partial charge on any atom is 0.127 e. The molecule has 0 amide bonds. The van der Waals surface area contributed by atoms with E-state index in [9.17, 15) is 40.9 Å². The Balaban J connectivity index is 1.16. The molecule has 0 saturated carbocycles. The number of benzene rings is 5. The molecular formula is C50H58O14. The topological polar surface area (TPSA) is 217 Å². The lowest BCUT2D eigenvalue weighted by molar-refractivity contribution is -0.0851. The largest absolute Gasteiger partial charge is 0.490 e. The standard InChI is InChI=1S/C50H58O14/c51-15-31(55)19-59-23-35(61-21-33(57)17-53)25-63-49-45-41-13-42(38-10-28-6-2-1-5-27(28)9-37(38)41)46(45)50(64-26-36(62-22-34(58)18-54)24-60-20-32(56)16-52)48-44-14-43(47(48)49)39-11-29-7-3-4-8-30(29)12-40(39)44/h1-12,31-36,41-44,51-58H,13-26H2/t31?,32?,33?,34?,35?,36?,41-,42+,43+,44-. The lowest BCUT2D eigenvalue weighted by Crippen LogP contribution is -2.34. The van der Waals surface area contributed by atoms with Crippen molar-refractivity contribution in [1.82, 2.24) is 0 Å². The van der Waals surface area contributed by atoms with Gasteiger partial charge in [0.2, 0.25) is 0 Å². The maximum absolute atomic E-state index is 10.2. The van der Waals surface area contributed by atoms with Crippen LogP contribution >= 0.6 is 0 Å². The molecule has 4 aliphatic rings. The van der Waals surface area contributed by atoms with Crippen molar-refractivity contribution >= 4 is 21.5 Å². The van der Waals surface area contributed by atoms with Crippen molar-refractivity contribution < 1.29 is 69.3 Å². The highest BCUT2D eigenvalue weighted by Gasteiger charge is 2.53. The monoisotopic (exact) mass is 882 g/mol. The second-order valence-electron chi connectivity index (χ2n) is 17.6. The molecule has 0 spiro atoms. The van der Waals surface area contributed by atoms with Crippen LogP contribution in [-0.4, -0.2) is 157 Å². The summed E-state index contributed by atoms with van der Waals surface area (Å²) in [6, 6.07) is 25.9. The van der Waals surface area contributed by atoms with E-state index in [-0.39, 0.29) is 76.5 Å². The molecule has 4 aliphatic carbocycles. The Morgan fingerprint density at radius 3 is 1.00 bits per heavy atom. The molecule has 5 aromatic rings. The van der Waals surface area contributed by atoms with Crippen molar-refractivity contribution in [2.75, 3.05) is 79.3 Å². The average Bonchev–Trinajstić information content (AvgIpc) is 4.10. The SMILES string of the molecule is OCC(O)COCC(COc1c2c(c(OCC(COCC(O)CO)OCC(O)CO)c3c1[C@H]1C[C@@H]3c3cc4ccccc4cc31)[C@H]1C[C@@H]2c2cc3ccccc3cc21)OCC(O)CO. The number of aliphatic hydroxyl groups is 8. The first-order valence-corrected chi connectivity index (χ1v) is 22.3. The van der Waals surface area contributed by atoms with Gasteiger partial charge in [-0.3, -0.25) is 0 Å². The predicted octanol–water partition coefficient (Wildman–Crippen LogP) is 2.93. The molecule has 0 radical (unpaired) electrons. The van der Waals surface area contributed by atoms with Gasteiger partial charge < -0.3 is 69.3 Å². The molecule has 14 nitrogen and oxygen atoms in total. The number of hydrogen-bond acceptors (Lipinski definition) is 14. The highest BCUT2D eigenvalue weighted by Crippen LogP contribution is 2.69. The van der Waals surface area contributed by atoms with Gasteiger partial charge in [-0.05, 0) is 56.6 Å². The molecule has 64 heavy (non-hydrogen) atoms. The molecule has 9 rings (SSSR count). The van der Waals surface area contributed by atoms with Gasteiger partial charge in [-0.25, -0.2) is 0 Å². The van der Waals surface area contributed by atoms with Gasteiger partial charge in [-0.15, -0.1) is 0 Å². The summed E-state index contributed by atoms with van der Waals surface area (Å²) in [7, 11) is 0. The first-order chi connectivity index (χ1) is 31.2. The average molecular weight is 883 g/mol. The van der Waals surface area contributed by atoms with Crippen LogP contribution in [0.3, 0.4) is 0 Å². The van der Waals surface area contributed by atoms with E-state index < -0.39 is 63.1 Å². The van der Waals surface area contributed by atoms with Gasteiger partial charge in [-0.1, -0.05) is 72.8 Å². The minimum atomic E-state index is -1.12. The molecule has 0 aliphatic heterocycles. The van der Waals surface area contributed by atoms with Crippen LogP contribution in [0.4, 0.5) is 0 Å². The van der Waals surface area contributed by atoms with E-state index in [0.29, 0.717) is 0 Å². The van der Waals surface area contributed by atoms with Crippen LogP contribution < -0.4 is 9.47 Å². The number of aliphatic hydroxyl groups excluding tert-OH is 8. The van der Waals surface area contributed by atoms with E-state index in [0.717, 1.165) is 68.1 Å². The van der Waals surface area contributed by atoms with Crippen molar-refractivity contribution in [2.24, 2.45) is 0 Å². The third-order valence-corrected chi connectivity index (χ3v) is 13.2. The molecule has 4 bridgehead atoms. The molecule has 8 N–H and O–H groups in total. The van der Waals surface area contributed by atoms with Crippen LogP contribution in [0, 0.1) is 0 Å². The third-order valence-electron chi connectivity index (χ3n) is 13.2. The quantitative estimate of drug-likeness (QED) is 0.0448. The highest BCUT2D eigenvalue weighted by molar-refractivity contribution is 5.89. The molecular weight excluding hydrogens is 825 g/mol. The van der Waals surface area contributed by atoms with E-state index in [2.05, 4.69) is 48.5 Å². The van der Waals surface area contributed by atoms with E-state index in [1.807, 2.05) is 24.3 Å². The minimum absolute atomic E-state index is 0.00763. The lowest BCUT2D eigenvalue weighted by atomic mass is 9.76. The second kappa shape index (κ2) is 19.7. The maximum atomic E-state index is 10.2. The number of rotatable bonds is 24. The third kappa shape index (κ3) is 8.75. The van der Waals surface area contributed by atoms with Crippen LogP contribution in [0.15, 0.2) is 72.8 Å². The van der Waals surface area contributed by atoms with Crippen molar-refractivity contribution in [1.29, 1.82) is 0 Å². The Morgan fingerprint density at radius 1 is 0.406 bits per heavy atom.